The van der Waals surface area contributed by atoms with Crippen molar-refractivity contribution in [1.29, 1.82) is 0 Å². The molecule has 4 nitrogen and oxygen atoms in total. The lowest BCUT2D eigenvalue weighted by Gasteiger charge is -2.17. The van der Waals surface area contributed by atoms with Gasteiger partial charge in [0, 0.05) is 24.0 Å². The van der Waals surface area contributed by atoms with Gasteiger partial charge in [-0.25, -0.2) is 4.79 Å². The van der Waals surface area contributed by atoms with Crippen molar-refractivity contribution in [2.24, 2.45) is 5.92 Å². The third-order valence-electron chi connectivity index (χ3n) is 3.81. The van der Waals surface area contributed by atoms with Gasteiger partial charge in [-0.1, -0.05) is 28.1 Å². The highest BCUT2D eigenvalue weighted by molar-refractivity contribution is 9.09. The molecule has 0 aliphatic carbocycles. The quantitative estimate of drug-likeness (QED) is 0.866. The van der Waals surface area contributed by atoms with Crippen LogP contribution in [0.15, 0.2) is 36.4 Å². The van der Waals surface area contributed by atoms with E-state index in [4.69, 9.17) is 5.11 Å². The number of halogens is 1. The summed E-state index contributed by atoms with van der Waals surface area (Å²) in [6, 6.07) is 10.7. The van der Waals surface area contributed by atoms with Crippen molar-refractivity contribution in [3.8, 4) is 0 Å². The molecule has 0 aromatic heterocycles. The van der Waals surface area contributed by atoms with Crippen LogP contribution in [0.1, 0.15) is 16.8 Å². The molecule has 1 N–H and O–H groups in total. The maximum absolute atomic E-state index is 12.1. The normalized spacial score (nSPS) is 18.4. The van der Waals surface area contributed by atoms with E-state index in [2.05, 4.69) is 15.9 Å². The van der Waals surface area contributed by atoms with E-state index in [0.717, 1.165) is 28.3 Å². The van der Waals surface area contributed by atoms with Crippen molar-refractivity contribution in [1.82, 2.24) is 0 Å². The van der Waals surface area contributed by atoms with Crippen LogP contribution in [0.4, 0.5) is 5.69 Å². The van der Waals surface area contributed by atoms with Gasteiger partial charge in [-0.2, -0.15) is 0 Å². The first kappa shape index (κ1) is 14.1. The summed E-state index contributed by atoms with van der Waals surface area (Å²) < 4.78 is 0. The van der Waals surface area contributed by atoms with Gasteiger partial charge in [0.05, 0.1) is 5.56 Å². The molecule has 2 aromatic carbocycles. The second kappa shape index (κ2) is 5.48. The lowest BCUT2D eigenvalue weighted by Crippen LogP contribution is -2.24. The van der Waals surface area contributed by atoms with Crippen LogP contribution in [0.5, 0.6) is 0 Å². The Bertz CT molecular complexity index is 729. The second-order valence-corrected chi connectivity index (χ2v) is 5.93. The fourth-order valence-electron chi connectivity index (χ4n) is 2.67. The number of aromatic carboxylic acids is 1. The van der Waals surface area contributed by atoms with Gasteiger partial charge in [0.2, 0.25) is 5.91 Å². The summed E-state index contributed by atoms with van der Waals surface area (Å²) >= 11 is 3.43. The van der Waals surface area contributed by atoms with E-state index in [1.165, 1.54) is 0 Å². The van der Waals surface area contributed by atoms with Crippen molar-refractivity contribution in [2.45, 2.75) is 6.42 Å². The molecule has 5 heteroatoms. The van der Waals surface area contributed by atoms with E-state index in [1.54, 1.807) is 23.1 Å². The van der Waals surface area contributed by atoms with E-state index >= 15 is 0 Å². The van der Waals surface area contributed by atoms with E-state index in [0.29, 0.717) is 12.3 Å². The standard InChI is InChI=1S/C16H14BrNO3/c17-8-10-5-15(19)18(9-10)14-4-3-11-6-13(16(20)21)2-1-12(11)7-14/h1-4,6-7,10H,5,8-9H2,(H,20,21). The number of rotatable bonds is 3. The van der Waals surface area contributed by atoms with Gasteiger partial charge in [0.15, 0.2) is 0 Å². The maximum atomic E-state index is 12.1. The summed E-state index contributed by atoms with van der Waals surface area (Å²) in [5, 5.41) is 11.6. The van der Waals surface area contributed by atoms with Gasteiger partial charge in [0.1, 0.15) is 0 Å². The molecule has 1 aliphatic rings. The monoisotopic (exact) mass is 347 g/mol. The topological polar surface area (TPSA) is 57.6 Å². The van der Waals surface area contributed by atoms with Crippen LogP contribution in [0.2, 0.25) is 0 Å². The van der Waals surface area contributed by atoms with Crippen LogP contribution in [-0.2, 0) is 4.79 Å². The summed E-state index contributed by atoms with van der Waals surface area (Å²) in [7, 11) is 0. The van der Waals surface area contributed by atoms with Gasteiger partial charge in [-0.15, -0.1) is 0 Å². The zero-order valence-corrected chi connectivity index (χ0v) is 12.8. The third-order valence-corrected chi connectivity index (χ3v) is 4.72. The number of fused-ring (bicyclic) bond motifs is 1. The van der Waals surface area contributed by atoms with Gasteiger partial charge in [0.25, 0.3) is 0 Å². The van der Waals surface area contributed by atoms with E-state index in [1.807, 2.05) is 18.2 Å². The molecule has 21 heavy (non-hydrogen) atoms. The average molecular weight is 348 g/mol. The Balaban J connectivity index is 1.96. The van der Waals surface area contributed by atoms with Crippen molar-refractivity contribution in [3.05, 3.63) is 42.0 Å². The molecule has 1 heterocycles. The number of alkyl halides is 1. The highest BCUT2D eigenvalue weighted by Crippen LogP contribution is 2.29. The summed E-state index contributed by atoms with van der Waals surface area (Å²) in [5.41, 5.74) is 1.14. The number of hydrogen-bond acceptors (Lipinski definition) is 2. The molecule has 108 valence electrons. The highest BCUT2D eigenvalue weighted by atomic mass is 79.9. The predicted octanol–water partition coefficient (Wildman–Crippen LogP) is 3.29. The van der Waals surface area contributed by atoms with Crippen LogP contribution in [-0.4, -0.2) is 28.9 Å². The van der Waals surface area contributed by atoms with Crippen LogP contribution in [0.25, 0.3) is 10.8 Å². The summed E-state index contributed by atoms with van der Waals surface area (Å²) in [6.07, 6.45) is 0.571. The van der Waals surface area contributed by atoms with E-state index in [-0.39, 0.29) is 11.5 Å². The van der Waals surface area contributed by atoms with E-state index < -0.39 is 5.97 Å². The Hall–Kier alpha value is -1.88. The smallest absolute Gasteiger partial charge is 0.335 e. The number of nitrogens with zero attached hydrogens (tertiary/aromatic N) is 1. The largest absolute Gasteiger partial charge is 0.478 e. The lowest BCUT2D eigenvalue weighted by atomic mass is 10.1. The van der Waals surface area contributed by atoms with Crippen LogP contribution in [0, 0.1) is 5.92 Å². The Morgan fingerprint density at radius 2 is 1.95 bits per heavy atom. The molecule has 1 fully saturated rings. The zero-order chi connectivity index (χ0) is 15.0. The molecule has 1 saturated heterocycles. The Morgan fingerprint density at radius 1 is 1.24 bits per heavy atom. The van der Waals surface area contributed by atoms with Gasteiger partial charge in [-0.05, 0) is 41.0 Å². The van der Waals surface area contributed by atoms with Crippen molar-refractivity contribution in [3.63, 3.8) is 0 Å². The van der Waals surface area contributed by atoms with Crippen LogP contribution < -0.4 is 4.90 Å². The molecule has 1 aliphatic heterocycles. The molecule has 0 bridgehead atoms. The maximum Gasteiger partial charge on any atom is 0.335 e. The highest BCUT2D eigenvalue weighted by Gasteiger charge is 2.29. The molecular weight excluding hydrogens is 334 g/mol. The minimum absolute atomic E-state index is 0.140. The number of anilines is 1. The molecule has 1 atom stereocenters. The van der Waals surface area contributed by atoms with E-state index in [9.17, 15) is 9.59 Å². The molecule has 1 unspecified atom stereocenters. The predicted molar refractivity (Wildman–Crippen MR) is 85.2 cm³/mol. The van der Waals surface area contributed by atoms with Crippen molar-refractivity contribution < 1.29 is 14.7 Å². The average Bonchev–Trinajstić information content (AvgIpc) is 2.87. The second-order valence-electron chi connectivity index (χ2n) is 5.28. The first-order valence-corrected chi connectivity index (χ1v) is 7.84. The lowest BCUT2D eigenvalue weighted by molar-refractivity contribution is -0.117. The first-order valence-electron chi connectivity index (χ1n) is 6.72. The minimum atomic E-state index is -0.934. The molecule has 0 saturated carbocycles. The fraction of sp³-hybridized carbons (Fsp3) is 0.250. The Kier molecular flexibility index (Phi) is 3.68. The Labute approximate surface area is 130 Å². The molecular formula is C16H14BrNO3. The molecule has 3 rings (SSSR count). The van der Waals surface area contributed by atoms with Crippen LogP contribution >= 0.6 is 15.9 Å². The minimum Gasteiger partial charge on any atom is -0.478 e. The first-order chi connectivity index (χ1) is 10.1. The molecule has 1 amide bonds. The van der Waals surface area contributed by atoms with Gasteiger partial charge >= 0.3 is 5.97 Å². The van der Waals surface area contributed by atoms with Crippen molar-refractivity contribution >= 4 is 44.3 Å². The summed E-state index contributed by atoms with van der Waals surface area (Å²) in [4.78, 5) is 24.8. The molecule has 2 aromatic rings. The van der Waals surface area contributed by atoms with Gasteiger partial charge in [-0.3, -0.25) is 4.79 Å². The number of benzene rings is 2. The zero-order valence-electron chi connectivity index (χ0n) is 11.3. The number of carboxylic acids is 1. The number of carboxylic acid groups (broad SMARTS) is 1. The van der Waals surface area contributed by atoms with Crippen molar-refractivity contribution in [2.75, 3.05) is 16.8 Å². The number of amides is 1. The number of carbonyl (C=O) groups excluding carboxylic acids is 1. The Morgan fingerprint density at radius 3 is 2.62 bits per heavy atom. The number of carbonyl (C=O) groups is 2. The number of hydrogen-bond donors (Lipinski definition) is 1. The summed E-state index contributed by atoms with van der Waals surface area (Å²) in [5.74, 6) is -0.445. The molecule has 0 spiro atoms. The third kappa shape index (κ3) is 2.65. The summed E-state index contributed by atoms with van der Waals surface area (Å²) in [6.45, 7) is 0.725. The fourth-order valence-corrected chi connectivity index (χ4v) is 3.10. The van der Waals surface area contributed by atoms with Gasteiger partial charge < -0.3 is 10.0 Å². The SMILES string of the molecule is O=C(O)c1ccc2cc(N3CC(CBr)CC3=O)ccc2c1. The molecule has 0 radical (unpaired) electrons. The van der Waals surface area contributed by atoms with Crippen LogP contribution in [0.3, 0.4) is 0 Å².